The summed E-state index contributed by atoms with van der Waals surface area (Å²) in [4.78, 5) is 14.9. The molecule has 21 heavy (non-hydrogen) atoms. The van der Waals surface area contributed by atoms with Crippen LogP contribution in [0.3, 0.4) is 0 Å². The molecular weight excluding hydrogens is 276 g/mol. The van der Waals surface area contributed by atoms with Crippen molar-refractivity contribution in [1.29, 1.82) is 0 Å². The van der Waals surface area contributed by atoms with Gasteiger partial charge in [-0.05, 0) is 55.2 Å². The van der Waals surface area contributed by atoms with Gasteiger partial charge in [-0.2, -0.15) is 0 Å². The molecule has 0 amide bonds. The molecule has 1 atom stereocenters. The van der Waals surface area contributed by atoms with Gasteiger partial charge in [0.25, 0.3) is 0 Å². The highest BCUT2D eigenvalue weighted by Gasteiger charge is 2.37. The van der Waals surface area contributed by atoms with Crippen LogP contribution in [0.4, 0.5) is 0 Å². The van der Waals surface area contributed by atoms with Crippen LogP contribution in [0, 0.1) is 11.3 Å². The molecule has 1 aliphatic rings. The number of carbonyl (C=O) groups is 1. The van der Waals surface area contributed by atoms with Crippen molar-refractivity contribution in [2.24, 2.45) is 11.3 Å². The Labute approximate surface area is 132 Å². The third-order valence-electron chi connectivity index (χ3n) is 3.97. The molecule has 0 bridgehead atoms. The summed E-state index contributed by atoms with van der Waals surface area (Å²) in [5, 5.41) is 0. The van der Waals surface area contributed by atoms with E-state index >= 15 is 0 Å². The Morgan fingerprint density at radius 2 is 1.95 bits per heavy atom. The van der Waals surface area contributed by atoms with Crippen LogP contribution >= 0.6 is 11.8 Å². The van der Waals surface area contributed by atoms with Crippen LogP contribution in [-0.4, -0.2) is 5.78 Å². The summed E-state index contributed by atoms with van der Waals surface area (Å²) in [6, 6.07) is 10.3. The van der Waals surface area contributed by atoms with Crippen LogP contribution < -0.4 is 0 Å². The van der Waals surface area contributed by atoms with Gasteiger partial charge in [0.1, 0.15) is 0 Å². The third-order valence-corrected chi connectivity index (χ3v) is 5.01. The van der Waals surface area contributed by atoms with E-state index in [0.717, 1.165) is 12.8 Å². The van der Waals surface area contributed by atoms with E-state index in [9.17, 15) is 4.79 Å². The van der Waals surface area contributed by atoms with Crippen molar-refractivity contribution in [2.45, 2.75) is 45.4 Å². The molecule has 0 heterocycles. The zero-order chi connectivity index (χ0) is 15.5. The van der Waals surface area contributed by atoms with Crippen molar-refractivity contribution in [3.05, 3.63) is 53.0 Å². The van der Waals surface area contributed by atoms with E-state index in [1.807, 2.05) is 24.3 Å². The van der Waals surface area contributed by atoms with Gasteiger partial charge in [0.2, 0.25) is 0 Å². The molecular formula is C19H24OS. The summed E-state index contributed by atoms with van der Waals surface area (Å²) in [6.45, 7) is 8.61. The van der Waals surface area contributed by atoms with Crippen molar-refractivity contribution < 1.29 is 4.79 Å². The van der Waals surface area contributed by atoms with Gasteiger partial charge in [-0.15, -0.1) is 0 Å². The molecule has 2 heteroatoms. The molecule has 0 radical (unpaired) electrons. The van der Waals surface area contributed by atoms with Crippen molar-refractivity contribution in [2.75, 3.05) is 0 Å². The molecule has 0 unspecified atom stereocenters. The fourth-order valence-electron chi connectivity index (χ4n) is 2.76. The van der Waals surface area contributed by atoms with Crippen molar-refractivity contribution in [1.82, 2.24) is 0 Å². The second kappa shape index (κ2) is 6.65. The average Bonchev–Trinajstić information content (AvgIpc) is 2.37. The third kappa shape index (κ3) is 4.34. The monoisotopic (exact) mass is 300 g/mol. The smallest absolute Gasteiger partial charge is 0.160 e. The number of carbonyl (C=O) groups excluding carboxylic acids is 1. The molecule has 1 nitrogen and oxygen atoms in total. The minimum atomic E-state index is 0.0227. The van der Waals surface area contributed by atoms with Gasteiger partial charge in [0.05, 0.1) is 0 Å². The van der Waals surface area contributed by atoms with Gasteiger partial charge in [0.15, 0.2) is 5.78 Å². The van der Waals surface area contributed by atoms with Crippen LogP contribution in [-0.2, 0) is 4.79 Å². The number of rotatable bonds is 4. The van der Waals surface area contributed by atoms with Crippen molar-refractivity contribution in [3.8, 4) is 0 Å². The van der Waals surface area contributed by atoms with Crippen LogP contribution in [0.2, 0.25) is 0 Å². The Hall–Kier alpha value is -1.28. The first-order valence-corrected chi connectivity index (χ1v) is 8.31. The quantitative estimate of drug-likeness (QED) is 0.670. The minimum Gasteiger partial charge on any atom is -0.294 e. The molecule has 0 aromatic heterocycles. The number of benzene rings is 1. The summed E-state index contributed by atoms with van der Waals surface area (Å²) in [7, 11) is 0. The molecule has 1 aromatic rings. The van der Waals surface area contributed by atoms with E-state index in [-0.39, 0.29) is 17.1 Å². The van der Waals surface area contributed by atoms with E-state index in [0.29, 0.717) is 0 Å². The Balaban J connectivity index is 2.16. The van der Waals surface area contributed by atoms with Gasteiger partial charge in [-0.3, -0.25) is 4.79 Å². The highest BCUT2D eigenvalue weighted by molar-refractivity contribution is 8.03. The second-order valence-electron chi connectivity index (χ2n) is 6.66. The molecule has 0 spiro atoms. The van der Waals surface area contributed by atoms with Gasteiger partial charge >= 0.3 is 0 Å². The van der Waals surface area contributed by atoms with Gasteiger partial charge in [-0.25, -0.2) is 0 Å². The first kappa shape index (κ1) is 16.1. The van der Waals surface area contributed by atoms with Crippen molar-refractivity contribution >= 4 is 17.5 Å². The van der Waals surface area contributed by atoms with Gasteiger partial charge in [0, 0.05) is 10.8 Å². The molecule has 0 saturated heterocycles. The average molecular weight is 300 g/mol. The molecule has 0 N–H and O–H groups in total. The second-order valence-corrected chi connectivity index (χ2v) is 7.86. The first-order chi connectivity index (χ1) is 9.88. The molecule has 0 fully saturated rings. The summed E-state index contributed by atoms with van der Waals surface area (Å²) >= 11 is 1.72. The van der Waals surface area contributed by atoms with E-state index in [1.165, 1.54) is 15.4 Å². The maximum atomic E-state index is 12.5. The molecule has 1 aliphatic carbocycles. The molecule has 2 rings (SSSR count). The minimum absolute atomic E-state index is 0.0227. The molecule has 0 aliphatic heterocycles. The SMILES string of the molecule is CC(C)=CC[C@H]1C(=O)C=C(Sc2ccccc2)CC1(C)C. The van der Waals surface area contributed by atoms with E-state index in [1.54, 1.807) is 11.8 Å². The predicted octanol–water partition coefficient (Wildman–Crippen LogP) is 5.63. The van der Waals surface area contributed by atoms with Gasteiger partial charge in [-0.1, -0.05) is 55.5 Å². The molecule has 0 saturated carbocycles. The topological polar surface area (TPSA) is 17.1 Å². The fourth-order valence-corrected chi connectivity index (χ4v) is 3.98. The van der Waals surface area contributed by atoms with Crippen LogP contribution in [0.5, 0.6) is 0 Å². The highest BCUT2D eigenvalue weighted by Crippen LogP contribution is 2.45. The van der Waals surface area contributed by atoms with Crippen LogP contribution in [0.25, 0.3) is 0 Å². The zero-order valence-electron chi connectivity index (χ0n) is 13.3. The molecule has 1 aromatic carbocycles. The fraction of sp³-hybridized carbons (Fsp3) is 0.421. The Bertz CT molecular complexity index is 562. The predicted molar refractivity (Wildman–Crippen MR) is 91.3 cm³/mol. The summed E-state index contributed by atoms with van der Waals surface area (Å²) < 4.78 is 0. The summed E-state index contributed by atoms with van der Waals surface area (Å²) in [5.74, 6) is 0.384. The van der Waals surface area contributed by atoms with Crippen molar-refractivity contribution in [3.63, 3.8) is 0 Å². The number of hydrogen-bond donors (Lipinski definition) is 0. The van der Waals surface area contributed by atoms with E-state index in [2.05, 4.69) is 45.9 Å². The highest BCUT2D eigenvalue weighted by atomic mass is 32.2. The maximum absolute atomic E-state index is 12.5. The lowest BCUT2D eigenvalue weighted by atomic mass is 9.69. The Morgan fingerprint density at radius 3 is 2.52 bits per heavy atom. The normalized spacial score (nSPS) is 20.9. The standard InChI is InChI=1S/C19H24OS/c1-14(2)10-11-17-18(20)12-16(13-19(17,3)4)21-15-8-6-5-7-9-15/h5-10,12,17H,11,13H2,1-4H3/t17-/m0/s1. The number of ketones is 1. The molecule has 112 valence electrons. The van der Waals surface area contributed by atoms with Crippen LogP contribution in [0.15, 0.2) is 57.9 Å². The lowest BCUT2D eigenvalue weighted by Crippen LogP contribution is -2.33. The lowest BCUT2D eigenvalue weighted by Gasteiger charge is -2.36. The Kier molecular flexibility index (Phi) is 5.10. The van der Waals surface area contributed by atoms with E-state index in [4.69, 9.17) is 0 Å². The number of allylic oxidation sites excluding steroid dienone is 4. The number of thioether (sulfide) groups is 1. The largest absolute Gasteiger partial charge is 0.294 e. The Morgan fingerprint density at radius 1 is 1.29 bits per heavy atom. The van der Waals surface area contributed by atoms with Crippen LogP contribution in [0.1, 0.15) is 40.5 Å². The summed E-state index contributed by atoms with van der Waals surface area (Å²) in [6.07, 6.45) is 5.88. The van der Waals surface area contributed by atoms with Gasteiger partial charge < -0.3 is 0 Å². The summed E-state index contributed by atoms with van der Waals surface area (Å²) in [5.41, 5.74) is 1.31. The maximum Gasteiger partial charge on any atom is 0.160 e. The zero-order valence-corrected chi connectivity index (χ0v) is 14.2. The van der Waals surface area contributed by atoms with E-state index < -0.39 is 0 Å². The number of hydrogen-bond acceptors (Lipinski definition) is 2. The lowest BCUT2D eigenvalue weighted by molar-refractivity contribution is -0.122. The first-order valence-electron chi connectivity index (χ1n) is 7.49.